The van der Waals surface area contributed by atoms with Crippen molar-refractivity contribution in [2.75, 3.05) is 6.61 Å². The molecule has 1 aliphatic rings. The Labute approximate surface area is 119 Å². The third-order valence-electron chi connectivity index (χ3n) is 3.09. The summed E-state index contributed by atoms with van der Waals surface area (Å²) >= 11 is 12.2. The number of phenols is 1. The molecule has 0 saturated heterocycles. The maximum atomic E-state index is 13.7. The molecule has 0 saturated carbocycles. The molecule has 0 spiro atoms. The Morgan fingerprint density at radius 1 is 1.21 bits per heavy atom. The number of hydrogen-bond donors (Lipinski definition) is 1. The van der Waals surface area contributed by atoms with E-state index in [1.165, 1.54) is 24.3 Å². The highest BCUT2D eigenvalue weighted by molar-refractivity contribution is 6.40. The van der Waals surface area contributed by atoms with Crippen molar-refractivity contribution in [3.8, 4) is 22.6 Å². The molecule has 0 fully saturated rings. The molecule has 98 valence electrons. The van der Waals surface area contributed by atoms with Gasteiger partial charge in [0.05, 0.1) is 16.7 Å². The summed E-state index contributed by atoms with van der Waals surface area (Å²) in [6, 6.07) is 5.67. The van der Waals surface area contributed by atoms with Crippen LogP contribution >= 0.6 is 23.2 Å². The van der Waals surface area contributed by atoms with Crippen molar-refractivity contribution in [1.29, 1.82) is 0 Å². The summed E-state index contributed by atoms with van der Waals surface area (Å²) in [6.45, 7) is 0.500. The molecule has 0 aliphatic carbocycles. The summed E-state index contributed by atoms with van der Waals surface area (Å²) in [7, 11) is 0. The average Bonchev–Trinajstić information content (AvgIpc) is 2.82. The van der Waals surface area contributed by atoms with Crippen LogP contribution in [0.2, 0.25) is 10.0 Å². The summed E-state index contributed by atoms with van der Waals surface area (Å²) in [5, 5.41) is 10.1. The minimum Gasteiger partial charge on any atom is -0.506 e. The highest BCUT2D eigenvalue weighted by Gasteiger charge is 2.23. The SMILES string of the molecule is Oc1ccc(Cl)c(-c2cc(F)cc3c2OCC3)c1Cl. The fourth-order valence-electron chi connectivity index (χ4n) is 2.24. The van der Waals surface area contributed by atoms with Crippen LogP contribution in [-0.2, 0) is 6.42 Å². The van der Waals surface area contributed by atoms with Crippen molar-refractivity contribution in [3.63, 3.8) is 0 Å². The van der Waals surface area contributed by atoms with E-state index in [4.69, 9.17) is 27.9 Å². The van der Waals surface area contributed by atoms with E-state index in [-0.39, 0.29) is 16.6 Å². The molecule has 0 bridgehead atoms. The first-order chi connectivity index (χ1) is 9.08. The number of phenolic OH excluding ortho intramolecular Hbond substituents is 1. The van der Waals surface area contributed by atoms with E-state index in [0.29, 0.717) is 34.9 Å². The Morgan fingerprint density at radius 3 is 2.79 bits per heavy atom. The number of aromatic hydroxyl groups is 1. The van der Waals surface area contributed by atoms with Crippen LogP contribution in [0.4, 0.5) is 4.39 Å². The number of rotatable bonds is 1. The highest BCUT2D eigenvalue weighted by Crippen LogP contribution is 2.46. The molecular formula is C14H9Cl2FO2. The van der Waals surface area contributed by atoms with Gasteiger partial charge in [0.1, 0.15) is 17.3 Å². The summed E-state index contributed by atoms with van der Waals surface area (Å²) in [6.07, 6.45) is 0.647. The molecule has 0 aromatic heterocycles. The molecule has 1 N–H and O–H groups in total. The Balaban J connectivity index is 2.32. The van der Waals surface area contributed by atoms with Gasteiger partial charge in [-0.1, -0.05) is 23.2 Å². The third kappa shape index (κ3) is 2.03. The third-order valence-corrected chi connectivity index (χ3v) is 3.79. The number of hydrogen-bond acceptors (Lipinski definition) is 2. The van der Waals surface area contributed by atoms with Crippen LogP contribution in [0.3, 0.4) is 0 Å². The lowest BCUT2D eigenvalue weighted by molar-refractivity contribution is 0.358. The van der Waals surface area contributed by atoms with E-state index in [2.05, 4.69) is 0 Å². The van der Waals surface area contributed by atoms with Crippen LogP contribution in [0.25, 0.3) is 11.1 Å². The number of ether oxygens (including phenoxy) is 1. The minimum atomic E-state index is -0.380. The molecule has 0 amide bonds. The average molecular weight is 299 g/mol. The number of halogens is 3. The van der Waals surface area contributed by atoms with Crippen LogP contribution in [0.5, 0.6) is 11.5 Å². The van der Waals surface area contributed by atoms with E-state index in [1.54, 1.807) is 0 Å². The second kappa shape index (κ2) is 4.58. The Kier molecular flexibility index (Phi) is 3.03. The van der Waals surface area contributed by atoms with Gasteiger partial charge < -0.3 is 9.84 Å². The van der Waals surface area contributed by atoms with Crippen molar-refractivity contribution >= 4 is 23.2 Å². The van der Waals surface area contributed by atoms with Gasteiger partial charge in [0.25, 0.3) is 0 Å². The molecule has 2 aromatic carbocycles. The molecule has 0 radical (unpaired) electrons. The quantitative estimate of drug-likeness (QED) is 0.843. The lowest BCUT2D eigenvalue weighted by Crippen LogP contribution is -1.91. The van der Waals surface area contributed by atoms with Crippen molar-refractivity contribution in [2.45, 2.75) is 6.42 Å². The maximum absolute atomic E-state index is 13.7. The number of benzene rings is 2. The van der Waals surface area contributed by atoms with Gasteiger partial charge in [-0.3, -0.25) is 0 Å². The van der Waals surface area contributed by atoms with Gasteiger partial charge in [-0.25, -0.2) is 4.39 Å². The Hall–Kier alpha value is -1.45. The second-order valence-electron chi connectivity index (χ2n) is 4.30. The molecule has 1 heterocycles. The smallest absolute Gasteiger partial charge is 0.134 e. The maximum Gasteiger partial charge on any atom is 0.134 e. The normalized spacial score (nSPS) is 13.2. The Bertz CT molecular complexity index is 671. The zero-order valence-corrected chi connectivity index (χ0v) is 11.2. The fraction of sp³-hybridized carbons (Fsp3) is 0.143. The summed E-state index contributed by atoms with van der Waals surface area (Å²) < 4.78 is 19.2. The zero-order chi connectivity index (χ0) is 13.6. The first kappa shape index (κ1) is 12.6. The predicted molar refractivity (Wildman–Crippen MR) is 72.7 cm³/mol. The van der Waals surface area contributed by atoms with E-state index in [1.807, 2.05) is 0 Å². The summed E-state index contributed by atoms with van der Waals surface area (Å²) in [5.74, 6) is 0.0996. The summed E-state index contributed by atoms with van der Waals surface area (Å²) in [4.78, 5) is 0. The largest absolute Gasteiger partial charge is 0.506 e. The van der Waals surface area contributed by atoms with Crippen LogP contribution in [0.15, 0.2) is 24.3 Å². The van der Waals surface area contributed by atoms with Crippen LogP contribution in [-0.4, -0.2) is 11.7 Å². The molecule has 2 nitrogen and oxygen atoms in total. The molecule has 0 unspecified atom stereocenters. The molecule has 19 heavy (non-hydrogen) atoms. The second-order valence-corrected chi connectivity index (χ2v) is 5.08. The number of fused-ring (bicyclic) bond motifs is 1. The predicted octanol–water partition coefficient (Wildman–Crippen LogP) is 4.44. The molecule has 2 aromatic rings. The van der Waals surface area contributed by atoms with Crippen molar-refractivity contribution in [2.24, 2.45) is 0 Å². The van der Waals surface area contributed by atoms with Crippen LogP contribution < -0.4 is 4.74 Å². The van der Waals surface area contributed by atoms with Gasteiger partial charge >= 0.3 is 0 Å². The monoisotopic (exact) mass is 298 g/mol. The van der Waals surface area contributed by atoms with E-state index >= 15 is 0 Å². The standard InChI is InChI=1S/C14H9Cl2FO2/c15-10-1-2-11(18)13(16)12(10)9-6-8(17)5-7-3-4-19-14(7)9/h1-2,5-6,18H,3-4H2. The first-order valence-corrected chi connectivity index (χ1v) is 6.46. The highest BCUT2D eigenvalue weighted by atomic mass is 35.5. The topological polar surface area (TPSA) is 29.5 Å². The first-order valence-electron chi connectivity index (χ1n) is 5.70. The van der Waals surface area contributed by atoms with Gasteiger partial charge in [0.2, 0.25) is 0 Å². The van der Waals surface area contributed by atoms with Gasteiger partial charge in [0, 0.05) is 23.1 Å². The van der Waals surface area contributed by atoms with E-state index < -0.39 is 0 Å². The molecule has 3 rings (SSSR count). The lowest BCUT2D eigenvalue weighted by atomic mass is 10.0. The van der Waals surface area contributed by atoms with Crippen molar-refractivity contribution in [1.82, 2.24) is 0 Å². The Morgan fingerprint density at radius 2 is 2.00 bits per heavy atom. The van der Waals surface area contributed by atoms with E-state index in [9.17, 15) is 9.50 Å². The van der Waals surface area contributed by atoms with Crippen molar-refractivity contribution < 1.29 is 14.2 Å². The summed E-state index contributed by atoms with van der Waals surface area (Å²) in [5.41, 5.74) is 1.64. The van der Waals surface area contributed by atoms with Crippen LogP contribution in [0, 0.1) is 5.82 Å². The zero-order valence-electron chi connectivity index (χ0n) is 9.71. The van der Waals surface area contributed by atoms with Crippen LogP contribution in [0.1, 0.15) is 5.56 Å². The molecule has 1 aliphatic heterocycles. The molecule has 0 atom stereocenters. The lowest BCUT2D eigenvalue weighted by Gasteiger charge is -2.12. The van der Waals surface area contributed by atoms with Gasteiger partial charge in [-0.15, -0.1) is 0 Å². The molecular weight excluding hydrogens is 290 g/mol. The van der Waals surface area contributed by atoms with Crippen molar-refractivity contribution in [3.05, 3.63) is 45.7 Å². The fourth-order valence-corrected chi connectivity index (χ4v) is 2.82. The van der Waals surface area contributed by atoms with Gasteiger partial charge in [0.15, 0.2) is 0 Å². The molecule has 5 heteroatoms. The van der Waals surface area contributed by atoms with Gasteiger partial charge in [-0.2, -0.15) is 0 Å². The van der Waals surface area contributed by atoms with Gasteiger partial charge in [-0.05, 0) is 24.3 Å². The minimum absolute atomic E-state index is 0.0933. The van der Waals surface area contributed by atoms with E-state index in [0.717, 1.165) is 5.56 Å².